The number of non-ortho nitro benzene ring substituents is 1. The standard InChI is InChI=1S/C27H20N4O4/c32-30(33)20-15-16-23(24(17-20)31(34)35)28-29-27-22-14-8-7-13-21(22)25(18-9-3-1-4-10-18)26(27)19-11-5-2-6-12-19/h1-17,25-26,28H/b29-27+. The molecule has 0 spiro atoms. The number of fused-ring (bicyclic) bond motifs is 1. The SMILES string of the molecule is O=[N+]([O-])c1ccc(N/N=C2\c3ccccc3C(c3ccccc3)C2c2ccccc2)c([N+](=O)[O-])c1. The Bertz CT molecular complexity index is 1440. The molecule has 35 heavy (non-hydrogen) atoms. The number of hydrazone groups is 1. The second kappa shape index (κ2) is 9.18. The minimum atomic E-state index is -0.661. The summed E-state index contributed by atoms with van der Waals surface area (Å²) in [6.45, 7) is 0. The molecule has 8 nitrogen and oxygen atoms in total. The molecule has 0 saturated heterocycles. The normalized spacial score (nSPS) is 17.7. The smallest absolute Gasteiger partial charge is 0.271 e. The summed E-state index contributed by atoms with van der Waals surface area (Å²) in [7, 11) is 0. The molecule has 4 aromatic carbocycles. The van der Waals surface area contributed by atoms with Crippen LogP contribution in [-0.2, 0) is 0 Å². The number of nitro benzene ring substituents is 2. The second-order valence-electron chi connectivity index (χ2n) is 8.19. The van der Waals surface area contributed by atoms with E-state index >= 15 is 0 Å². The van der Waals surface area contributed by atoms with Crippen molar-refractivity contribution in [2.24, 2.45) is 5.10 Å². The van der Waals surface area contributed by atoms with Gasteiger partial charge in [-0.15, -0.1) is 0 Å². The van der Waals surface area contributed by atoms with E-state index in [0.29, 0.717) is 0 Å². The Kier molecular flexibility index (Phi) is 5.76. The quantitative estimate of drug-likeness (QED) is 0.268. The molecule has 0 radical (unpaired) electrons. The van der Waals surface area contributed by atoms with Crippen LogP contribution in [0, 0.1) is 20.2 Å². The van der Waals surface area contributed by atoms with Crippen LogP contribution in [0.25, 0.3) is 0 Å². The third-order valence-corrected chi connectivity index (χ3v) is 6.20. The van der Waals surface area contributed by atoms with E-state index in [1.807, 2.05) is 54.6 Å². The van der Waals surface area contributed by atoms with Crippen LogP contribution in [0.1, 0.15) is 34.1 Å². The third-order valence-electron chi connectivity index (χ3n) is 6.20. The van der Waals surface area contributed by atoms with Gasteiger partial charge in [0.05, 0.1) is 21.6 Å². The highest BCUT2D eigenvalue weighted by Crippen LogP contribution is 2.48. The number of nitrogens with zero attached hydrogens (tertiary/aromatic N) is 3. The van der Waals surface area contributed by atoms with Gasteiger partial charge in [-0.25, -0.2) is 0 Å². The molecule has 4 aromatic rings. The Morgan fingerprint density at radius 2 is 1.29 bits per heavy atom. The lowest BCUT2D eigenvalue weighted by Gasteiger charge is -2.22. The molecule has 2 unspecified atom stereocenters. The minimum absolute atomic E-state index is 0.00203. The van der Waals surface area contributed by atoms with E-state index in [1.165, 1.54) is 12.1 Å². The first-order valence-electron chi connectivity index (χ1n) is 11.0. The molecule has 0 amide bonds. The highest BCUT2D eigenvalue weighted by atomic mass is 16.6. The molecule has 8 heteroatoms. The minimum Gasteiger partial charge on any atom is -0.271 e. The molecule has 2 atom stereocenters. The molecule has 172 valence electrons. The van der Waals surface area contributed by atoms with Crippen LogP contribution in [0.5, 0.6) is 0 Å². The van der Waals surface area contributed by atoms with Crippen molar-refractivity contribution < 1.29 is 9.85 Å². The molecule has 5 rings (SSSR count). The highest BCUT2D eigenvalue weighted by molar-refractivity contribution is 6.11. The Morgan fingerprint density at radius 3 is 1.91 bits per heavy atom. The number of anilines is 1. The Balaban J connectivity index is 1.65. The van der Waals surface area contributed by atoms with Crippen LogP contribution >= 0.6 is 0 Å². The molecule has 1 N–H and O–H groups in total. The lowest BCUT2D eigenvalue weighted by Crippen LogP contribution is -2.15. The Labute approximate surface area is 200 Å². The third kappa shape index (κ3) is 4.13. The van der Waals surface area contributed by atoms with Gasteiger partial charge in [0, 0.05) is 23.5 Å². The lowest BCUT2D eigenvalue weighted by atomic mass is 9.81. The molecule has 0 aliphatic heterocycles. The summed E-state index contributed by atoms with van der Waals surface area (Å²) in [5.41, 5.74) is 7.17. The van der Waals surface area contributed by atoms with Crippen LogP contribution in [0.3, 0.4) is 0 Å². The summed E-state index contributed by atoms with van der Waals surface area (Å²) < 4.78 is 0. The summed E-state index contributed by atoms with van der Waals surface area (Å²) in [5.74, 6) is -0.136. The summed E-state index contributed by atoms with van der Waals surface area (Å²) >= 11 is 0. The van der Waals surface area contributed by atoms with Crippen molar-refractivity contribution in [3.63, 3.8) is 0 Å². The zero-order chi connectivity index (χ0) is 24.4. The van der Waals surface area contributed by atoms with Crippen LogP contribution in [0.15, 0.2) is 108 Å². The maximum absolute atomic E-state index is 11.6. The van der Waals surface area contributed by atoms with Gasteiger partial charge in [0.1, 0.15) is 5.69 Å². The predicted octanol–water partition coefficient (Wildman–Crippen LogP) is 6.25. The van der Waals surface area contributed by atoms with Crippen molar-refractivity contribution >= 4 is 22.8 Å². The maximum atomic E-state index is 11.6. The Morgan fingerprint density at radius 1 is 0.686 bits per heavy atom. The van der Waals surface area contributed by atoms with Gasteiger partial charge in [-0.3, -0.25) is 25.7 Å². The average molecular weight is 464 g/mol. The van der Waals surface area contributed by atoms with Gasteiger partial charge in [-0.2, -0.15) is 5.10 Å². The van der Waals surface area contributed by atoms with E-state index in [0.717, 1.165) is 34.0 Å². The number of nitro groups is 2. The molecule has 0 aromatic heterocycles. The number of rotatable bonds is 6. The monoisotopic (exact) mass is 464 g/mol. The van der Waals surface area contributed by atoms with E-state index < -0.39 is 15.5 Å². The van der Waals surface area contributed by atoms with Crippen molar-refractivity contribution in [3.8, 4) is 0 Å². The fraction of sp³-hybridized carbons (Fsp3) is 0.0741. The van der Waals surface area contributed by atoms with Crippen molar-refractivity contribution in [2.75, 3.05) is 5.43 Å². The molecule has 0 heterocycles. The van der Waals surface area contributed by atoms with Crippen LogP contribution in [0.2, 0.25) is 0 Å². The number of nitrogens with one attached hydrogen (secondary N) is 1. The Hall–Kier alpha value is -4.85. The van der Waals surface area contributed by atoms with Crippen molar-refractivity contribution in [2.45, 2.75) is 11.8 Å². The summed E-state index contributed by atoms with van der Waals surface area (Å²) in [6.07, 6.45) is 0. The number of hydrogen-bond acceptors (Lipinski definition) is 6. The van der Waals surface area contributed by atoms with Crippen LogP contribution in [0.4, 0.5) is 17.1 Å². The van der Waals surface area contributed by atoms with E-state index in [-0.39, 0.29) is 23.2 Å². The summed E-state index contributed by atoms with van der Waals surface area (Å²) in [4.78, 5) is 21.4. The number of benzene rings is 4. The fourth-order valence-electron chi connectivity index (χ4n) is 4.68. The fourth-order valence-corrected chi connectivity index (χ4v) is 4.68. The molecular weight excluding hydrogens is 444 g/mol. The summed E-state index contributed by atoms with van der Waals surface area (Å²) in [6, 6.07) is 31.7. The molecular formula is C27H20N4O4. The van der Waals surface area contributed by atoms with Gasteiger partial charge >= 0.3 is 5.69 Å². The van der Waals surface area contributed by atoms with Gasteiger partial charge < -0.3 is 0 Å². The molecule has 1 aliphatic rings. The lowest BCUT2D eigenvalue weighted by molar-refractivity contribution is -0.393. The second-order valence-corrected chi connectivity index (χ2v) is 8.19. The van der Waals surface area contributed by atoms with Crippen molar-refractivity contribution in [1.82, 2.24) is 0 Å². The van der Waals surface area contributed by atoms with Crippen molar-refractivity contribution in [1.29, 1.82) is 0 Å². The van der Waals surface area contributed by atoms with Crippen LogP contribution < -0.4 is 5.43 Å². The van der Waals surface area contributed by atoms with Gasteiger partial charge in [0.15, 0.2) is 0 Å². The van der Waals surface area contributed by atoms with Gasteiger partial charge in [-0.1, -0.05) is 84.9 Å². The molecule has 0 bridgehead atoms. The molecule has 0 fully saturated rings. The molecule has 0 saturated carbocycles. The summed E-state index contributed by atoms with van der Waals surface area (Å²) in [5, 5.41) is 27.4. The van der Waals surface area contributed by atoms with E-state index in [2.05, 4.69) is 40.9 Å². The topological polar surface area (TPSA) is 111 Å². The van der Waals surface area contributed by atoms with Gasteiger partial charge in [0.2, 0.25) is 0 Å². The van der Waals surface area contributed by atoms with Gasteiger partial charge in [0.25, 0.3) is 5.69 Å². The largest absolute Gasteiger partial charge is 0.301 e. The first-order chi connectivity index (χ1) is 17.0. The number of hydrogen-bond donors (Lipinski definition) is 1. The van der Waals surface area contributed by atoms with E-state index in [4.69, 9.17) is 0 Å². The highest BCUT2D eigenvalue weighted by Gasteiger charge is 2.40. The average Bonchev–Trinajstić information content (AvgIpc) is 3.22. The first-order valence-corrected chi connectivity index (χ1v) is 11.0. The van der Waals surface area contributed by atoms with Crippen LogP contribution in [-0.4, -0.2) is 15.6 Å². The first kappa shape index (κ1) is 22.0. The maximum Gasteiger partial charge on any atom is 0.301 e. The van der Waals surface area contributed by atoms with E-state index in [9.17, 15) is 20.2 Å². The van der Waals surface area contributed by atoms with E-state index in [1.54, 1.807) is 0 Å². The zero-order valence-corrected chi connectivity index (χ0v) is 18.4. The van der Waals surface area contributed by atoms with Crippen molar-refractivity contribution in [3.05, 3.63) is 146 Å². The zero-order valence-electron chi connectivity index (χ0n) is 18.4. The van der Waals surface area contributed by atoms with Gasteiger partial charge in [-0.05, 0) is 22.8 Å². The molecule has 1 aliphatic carbocycles. The predicted molar refractivity (Wildman–Crippen MR) is 134 cm³/mol.